The highest BCUT2D eigenvalue weighted by Gasteiger charge is 2.39. The standard InChI is InChI=1S/C21H21N5O2/c1-12-9-17(21(28)20(12)27)24-18-6-8-23-19-11-16(25-26(18)19)14-4-5-15-13(10-14)3-2-7-22-15/h2-8,10-12,17,20-21,24,27-28H,9H2,1H3/t12-,17-,20-,21+/m1/s1. The van der Waals surface area contributed by atoms with Gasteiger partial charge in [0.25, 0.3) is 0 Å². The average molecular weight is 375 g/mol. The van der Waals surface area contributed by atoms with Crippen molar-refractivity contribution in [1.29, 1.82) is 0 Å². The van der Waals surface area contributed by atoms with Gasteiger partial charge in [-0.15, -0.1) is 0 Å². The zero-order chi connectivity index (χ0) is 19.3. The Bertz CT molecular complexity index is 1160. The average Bonchev–Trinajstić information content (AvgIpc) is 3.26. The van der Waals surface area contributed by atoms with Crippen LogP contribution in [-0.2, 0) is 0 Å². The lowest BCUT2D eigenvalue weighted by molar-refractivity contribution is 0.0210. The summed E-state index contributed by atoms with van der Waals surface area (Å²) < 4.78 is 1.74. The quantitative estimate of drug-likeness (QED) is 0.509. The number of rotatable bonds is 3. The number of nitrogens with zero attached hydrogens (tertiary/aromatic N) is 4. The Morgan fingerprint density at radius 1 is 1.04 bits per heavy atom. The fourth-order valence-electron chi connectivity index (χ4n) is 3.97. The summed E-state index contributed by atoms with van der Waals surface area (Å²) >= 11 is 0. The zero-order valence-corrected chi connectivity index (χ0v) is 15.4. The van der Waals surface area contributed by atoms with Gasteiger partial charge in [-0.05, 0) is 36.6 Å². The van der Waals surface area contributed by atoms with Crippen LogP contribution >= 0.6 is 0 Å². The Balaban J connectivity index is 1.52. The topological polar surface area (TPSA) is 95.6 Å². The van der Waals surface area contributed by atoms with Crippen LogP contribution in [0.25, 0.3) is 27.8 Å². The maximum absolute atomic E-state index is 10.3. The van der Waals surface area contributed by atoms with E-state index in [1.165, 1.54) is 0 Å². The van der Waals surface area contributed by atoms with E-state index in [4.69, 9.17) is 5.10 Å². The second kappa shape index (κ2) is 6.54. The van der Waals surface area contributed by atoms with Crippen LogP contribution in [-0.4, -0.2) is 48.0 Å². The molecule has 0 spiro atoms. The van der Waals surface area contributed by atoms with Gasteiger partial charge in [0.15, 0.2) is 5.65 Å². The van der Waals surface area contributed by atoms with E-state index in [-0.39, 0.29) is 12.0 Å². The normalized spacial score (nSPS) is 24.8. The smallest absolute Gasteiger partial charge is 0.157 e. The van der Waals surface area contributed by atoms with E-state index in [0.717, 1.165) is 28.0 Å². The fourth-order valence-corrected chi connectivity index (χ4v) is 3.97. The van der Waals surface area contributed by atoms with E-state index in [0.29, 0.717) is 12.1 Å². The highest BCUT2D eigenvalue weighted by Crippen LogP contribution is 2.29. The van der Waals surface area contributed by atoms with Crippen molar-refractivity contribution in [3.8, 4) is 11.3 Å². The molecule has 28 heavy (non-hydrogen) atoms. The largest absolute Gasteiger partial charge is 0.390 e. The Kier molecular flexibility index (Phi) is 3.99. The number of aliphatic hydroxyl groups excluding tert-OH is 2. The molecule has 1 aromatic carbocycles. The molecule has 0 unspecified atom stereocenters. The molecule has 1 saturated carbocycles. The Hall–Kier alpha value is -3.03. The van der Waals surface area contributed by atoms with Crippen molar-refractivity contribution < 1.29 is 10.2 Å². The minimum absolute atomic E-state index is 0.0456. The zero-order valence-electron chi connectivity index (χ0n) is 15.4. The Morgan fingerprint density at radius 2 is 1.93 bits per heavy atom. The molecule has 7 heteroatoms. The third-order valence-electron chi connectivity index (χ3n) is 5.56. The molecule has 0 amide bonds. The molecule has 4 atom stereocenters. The highest BCUT2D eigenvalue weighted by molar-refractivity contribution is 5.84. The van der Waals surface area contributed by atoms with E-state index in [9.17, 15) is 10.2 Å². The summed E-state index contributed by atoms with van der Waals surface area (Å²) in [5.41, 5.74) is 3.46. The third-order valence-corrected chi connectivity index (χ3v) is 5.56. The van der Waals surface area contributed by atoms with Crippen molar-refractivity contribution >= 4 is 22.4 Å². The number of nitrogens with one attached hydrogen (secondary N) is 1. The molecule has 142 valence electrons. The van der Waals surface area contributed by atoms with Crippen LogP contribution in [0.4, 0.5) is 5.82 Å². The number of fused-ring (bicyclic) bond motifs is 2. The number of hydrogen-bond acceptors (Lipinski definition) is 6. The molecular formula is C21H21N5O2. The summed E-state index contributed by atoms with van der Waals surface area (Å²) in [6, 6.07) is 13.5. The predicted octanol–water partition coefficient (Wildman–Crippen LogP) is 2.49. The molecule has 5 rings (SSSR count). The summed E-state index contributed by atoms with van der Waals surface area (Å²) in [7, 11) is 0. The first-order valence-corrected chi connectivity index (χ1v) is 9.43. The molecule has 3 aromatic heterocycles. The van der Waals surface area contributed by atoms with Gasteiger partial charge in [-0.25, -0.2) is 4.98 Å². The first kappa shape index (κ1) is 17.1. The van der Waals surface area contributed by atoms with Gasteiger partial charge in [-0.1, -0.05) is 19.1 Å². The van der Waals surface area contributed by atoms with Gasteiger partial charge in [0.1, 0.15) is 11.9 Å². The van der Waals surface area contributed by atoms with Crippen LogP contribution in [0.3, 0.4) is 0 Å². The number of pyridine rings is 1. The summed E-state index contributed by atoms with van der Waals surface area (Å²) in [5, 5.41) is 29.4. The van der Waals surface area contributed by atoms with E-state index in [1.807, 2.05) is 43.3 Å². The molecule has 3 N–H and O–H groups in total. The minimum atomic E-state index is -0.804. The minimum Gasteiger partial charge on any atom is -0.390 e. The maximum Gasteiger partial charge on any atom is 0.157 e. The van der Waals surface area contributed by atoms with Gasteiger partial charge in [0.2, 0.25) is 0 Å². The summed E-state index contributed by atoms with van der Waals surface area (Å²) in [6.45, 7) is 1.94. The first-order chi connectivity index (χ1) is 13.6. The van der Waals surface area contributed by atoms with Crippen molar-refractivity contribution in [1.82, 2.24) is 19.6 Å². The second-order valence-electron chi connectivity index (χ2n) is 7.49. The summed E-state index contributed by atoms with van der Waals surface area (Å²) in [4.78, 5) is 8.77. The van der Waals surface area contributed by atoms with E-state index < -0.39 is 12.2 Å². The lowest BCUT2D eigenvalue weighted by atomic mass is 10.1. The highest BCUT2D eigenvalue weighted by atomic mass is 16.3. The van der Waals surface area contributed by atoms with Crippen molar-refractivity contribution in [2.75, 3.05) is 5.32 Å². The lowest BCUT2D eigenvalue weighted by Crippen LogP contribution is -2.35. The van der Waals surface area contributed by atoms with Crippen molar-refractivity contribution in [3.63, 3.8) is 0 Å². The van der Waals surface area contributed by atoms with Gasteiger partial charge in [0.05, 0.1) is 23.4 Å². The van der Waals surface area contributed by atoms with E-state index in [1.54, 1.807) is 16.9 Å². The van der Waals surface area contributed by atoms with Gasteiger partial charge >= 0.3 is 0 Å². The molecule has 1 aliphatic rings. The Labute approximate surface area is 161 Å². The molecule has 0 radical (unpaired) electrons. The molecule has 3 heterocycles. The number of hydrogen-bond donors (Lipinski definition) is 3. The molecule has 0 aliphatic heterocycles. The van der Waals surface area contributed by atoms with E-state index in [2.05, 4.69) is 21.4 Å². The number of aliphatic hydroxyl groups is 2. The molecule has 0 saturated heterocycles. The maximum atomic E-state index is 10.3. The number of aromatic nitrogens is 4. The van der Waals surface area contributed by atoms with Crippen LogP contribution in [0.2, 0.25) is 0 Å². The SMILES string of the molecule is C[C@@H]1C[C@@H](Nc2ccnc3cc(-c4ccc5ncccc5c4)nn23)[C@H](O)[C@@H]1O. The lowest BCUT2D eigenvalue weighted by Gasteiger charge is -2.19. The Morgan fingerprint density at radius 3 is 2.75 bits per heavy atom. The second-order valence-corrected chi connectivity index (χ2v) is 7.49. The molecule has 0 bridgehead atoms. The van der Waals surface area contributed by atoms with Crippen LogP contribution < -0.4 is 5.32 Å². The van der Waals surface area contributed by atoms with Crippen LogP contribution in [0.1, 0.15) is 13.3 Å². The van der Waals surface area contributed by atoms with Gasteiger partial charge in [-0.2, -0.15) is 9.61 Å². The van der Waals surface area contributed by atoms with Gasteiger partial charge < -0.3 is 15.5 Å². The first-order valence-electron chi connectivity index (χ1n) is 9.43. The van der Waals surface area contributed by atoms with Crippen LogP contribution in [0.5, 0.6) is 0 Å². The van der Waals surface area contributed by atoms with Crippen molar-refractivity contribution in [2.24, 2.45) is 5.92 Å². The molecule has 4 aromatic rings. The van der Waals surface area contributed by atoms with Crippen LogP contribution in [0, 0.1) is 5.92 Å². The number of benzene rings is 1. The molecule has 1 fully saturated rings. The monoisotopic (exact) mass is 375 g/mol. The van der Waals surface area contributed by atoms with Gasteiger partial charge in [0, 0.05) is 29.4 Å². The van der Waals surface area contributed by atoms with Crippen molar-refractivity contribution in [2.45, 2.75) is 31.6 Å². The molecular weight excluding hydrogens is 354 g/mol. The summed E-state index contributed by atoms with van der Waals surface area (Å²) in [5.74, 6) is 0.785. The summed E-state index contributed by atoms with van der Waals surface area (Å²) in [6.07, 6.45) is 2.67. The van der Waals surface area contributed by atoms with Crippen molar-refractivity contribution in [3.05, 3.63) is 54.9 Å². The fraction of sp³-hybridized carbons (Fsp3) is 0.286. The van der Waals surface area contributed by atoms with Gasteiger partial charge in [-0.3, -0.25) is 4.98 Å². The molecule has 7 nitrogen and oxygen atoms in total. The van der Waals surface area contributed by atoms with Crippen LogP contribution in [0.15, 0.2) is 54.9 Å². The predicted molar refractivity (Wildman–Crippen MR) is 107 cm³/mol. The number of anilines is 1. The molecule has 1 aliphatic carbocycles. The van der Waals surface area contributed by atoms with E-state index >= 15 is 0 Å². The third kappa shape index (κ3) is 2.80.